The first kappa shape index (κ1) is 11.0. The zero-order chi connectivity index (χ0) is 10.9. The number of phenols is 1. The van der Waals surface area contributed by atoms with E-state index in [2.05, 4.69) is 0 Å². The van der Waals surface area contributed by atoms with E-state index in [0.29, 0.717) is 17.5 Å². The molecule has 0 saturated heterocycles. The minimum Gasteiger partial charge on any atom is -0.508 e. The molecule has 3 N–H and O–H groups in total. The van der Waals surface area contributed by atoms with E-state index in [1.165, 1.54) is 12.1 Å². The van der Waals surface area contributed by atoms with Gasteiger partial charge in [0.05, 0.1) is 0 Å². The minimum absolute atomic E-state index is 0.113. The lowest BCUT2D eigenvalue weighted by atomic mass is 9.92. The number of hydrogen-bond donors (Lipinski definition) is 2. The molecule has 0 radical (unpaired) electrons. The summed E-state index contributed by atoms with van der Waals surface area (Å²) in [5, 5.41) is 9.56. The molecule has 1 aromatic rings. The van der Waals surface area contributed by atoms with Gasteiger partial charge in [-0.05, 0) is 44.9 Å². The molecule has 0 bridgehead atoms. The summed E-state index contributed by atoms with van der Waals surface area (Å²) in [4.78, 5) is 0. The van der Waals surface area contributed by atoms with E-state index in [0.717, 1.165) is 0 Å². The minimum atomic E-state index is -0.448. The lowest BCUT2D eigenvalue weighted by Gasteiger charge is -2.20. The fourth-order valence-corrected chi connectivity index (χ4v) is 1.39. The molecule has 0 spiro atoms. The second-order valence-corrected chi connectivity index (χ2v) is 4.34. The highest BCUT2D eigenvalue weighted by Gasteiger charge is 2.17. The van der Waals surface area contributed by atoms with Gasteiger partial charge in [0.2, 0.25) is 0 Å². The molecule has 0 heterocycles. The van der Waals surface area contributed by atoms with E-state index in [1.807, 2.05) is 13.8 Å². The molecule has 0 aliphatic carbocycles. The van der Waals surface area contributed by atoms with Crippen molar-refractivity contribution in [1.29, 1.82) is 0 Å². The van der Waals surface area contributed by atoms with Gasteiger partial charge in [0.25, 0.3) is 0 Å². The van der Waals surface area contributed by atoms with Crippen molar-refractivity contribution in [3.63, 3.8) is 0 Å². The van der Waals surface area contributed by atoms with Crippen molar-refractivity contribution in [2.45, 2.75) is 32.7 Å². The number of nitrogens with two attached hydrogens (primary N) is 1. The first-order chi connectivity index (χ1) is 6.31. The van der Waals surface area contributed by atoms with Gasteiger partial charge in [0, 0.05) is 11.1 Å². The lowest BCUT2D eigenvalue weighted by Crippen LogP contribution is -2.34. The molecule has 2 nitrogen and oxygen atoms in total. The summed E-state index contributed by atoms with van der Waals surface area (Å²) in [6.45, 7) is 5.34. The fraction of sp³-hybridized carbons (Fsp3) is 0.455. The Balaban J connectivity index is 3.13. The van der Waals surface area contributed by atoms with Gasteiger partial charge in [-0.2, -0.15) is 0 Å². The van der Waals surface area contributed by atoms with Crippen LogP contribution in [0.3, 0.4) is 0 Å². The van der Waals surface area contributed by atoms with Crippen LogP contribution >= 0.6 is 0 Å². The second kappa shape index (κ2) is 3.58. The molecule has 0 fully saturated rings. The van der Waals surface area contributed by atoms with E-state index in [4.69, 9.17) is 5.73 Å². The molecule has 78 valence electrons. The maximum atomic E-state index is 13.2. The van der Waals surface area contributed by atoms with E-state index in [9.17, 15) is 9.50 Å². The quantitative estimate of drug-likeness (QED) is 0.762. The Hall–Kier alpha value is -1.09. The highest BCUT2D eigenvalue weighted by atomic mass is 19.1. The summed E-state index contributed by atoms with van der Waals surface area (Å²) in [5.41, 5.74) is 6.44. The van der Waals surface area contributed by atoms with Crippen LogP contribution in [0.25, 0.3) is 0 Å². The summed E-state index contributed by atoms with van der Waals surface area (Å²) in [7, 11) is 0. The van der Waals surface area contributed by atoms with E-state index < -0.39 is 5.54 Å². The second-order valence-electron chi connectivity index (χ2n) is 4.34. The molecule has 0 aliphatic heterocycles. The van der Waals surface area contributed by atoms with Crippen LogP contribution in [0.15, 0.2) is 12.1 Å². The first-order valence-electron chi connectivity index (χ1n) is 4.57. The van der Waals surface area contributed by atoms with Crippen molar-refractivity contribution in [2.24, 2.45) is 5.73 Å². The van der Waals surface area contributed by atoms with Gasteiger partial charge in [-0.25, -0.2) is 4.39 Å². The van der Waals surface area contributed by atoms with Crippen molar-refractivity contribution in [1.82, 2.24) is 0 Å². The predicted octanol–water partition coefficient (Wildman–Crippen LogP) is 2.12. The molecule has 1 aromatic carbocycles. The molecule has 0 atom stereocenters. The zero-order valence-corrected chi connectivity index (χ0v) is 8.76. The Morgan fingerprint density at radius 3 is 2.50 bits per heavy atom. The highest BCUT2D eigenvalue weighted by molar-refractivity contribution is 5.40. The van der Waals surface area contributed by atoms with Crippen molar-refractivity contribution in [2.75, 3.05) is 0 Å². The van der Waals surface area contributed by atoms with Crippen LogP contribution in [0.1, 0.15) is 25.0 Å². The average molecular weight is 197 g/mol. The third-order valence-electron chi connectivity index (χ3n) is 2.14. The number of halogens is 1. The SMILES string of the molecule is Cc1c(F)ccc(O)c1CC(C)(C)N. The van der Waals surface area contributed by atoms with Crippen molar-refractivity contribution < 1.29 is 9.50 Å². The van der Waals surface area contributed by atoms with Crippen LogP contribution in [0.2, 0.25) is 0 Å². The molecule has 0 unspecified atom stereocenters. The van der Waals surface area contributed by atoms with Gasteiger partial charge in [-0.1, -0.05) is 0 Å². The Kier molecular flexibility index (Phi) is 2.81. The van der Waals surface area contributed by atoms with E-state index >= 15 is 0 Å². The smallest absolute Gasteiger partial charge is 0.126 e. The topological polar surface area (TPSA) is 46.2 Å². The van der Waals surface area contributed by atoms with Crippen LogP contribution in [-0.2, 0) is 6.42 Å². The number of hydrogen-bond acceptors (Lipinski definition) is 2. The van der Waals surface area contributed by atoms with Gasteiger partial charge in [-0.3, -0.25) is 0 Å². The Morgan fingerprint density at radius 1 is 1.43 bits per heavy atom. The molecule has 0 aliphatic rings. The van der Waals surface area contributed by atoms with Gasteiger partial charge >= 0.3 is 0 Å². The first-order valence-corrected chi connectivity index (χ1v) is 4.57. The molecule has 14 heavy (non-hydrogen) atoms. The standard InChI is InChI=1S/C11H16FNO/c1-7-8(6-11(2,3)13)10(14)5-4-9(7)12/h4-5,14H,6,13H2,1-3H3. The zero-order valence-electron chi connectivity index (χ0n) is 8.76. The maximum Gasteiger partial charge on any atom is 0.126 e. The third-order valence-corrected chi connectivity index (χ3v) is 2.14. The molecule has 0 saturated carbocycles. The molecule has 1 rings (SSSR count). The Bertz CT molecular complexity index is 342. The summed E-state index contributed by atoms with van der Waals surface area (Å²) in [6.07, 6.45) is 0.461. The van der Waals surface area contributed by atoms with E-state index in [1.54, 1.807) is 6.92 Å². The Labute approximate surface area is 83.6 Å². The summed E-state index contributed by atoms with van der Waals surface area (Å²) in [6, 6.07) is 2.63. The maximum absolute atomic E-state index is 13.2. The normalized spacial score (nSPS) is 11.8. The van der Waals surface area contributed by atoms with Gasteiger partial charge in [0.1, 0.15) is 11.6 Å². The van der Waals surface area contributed by atoms with Gasteiger partial charge in [0.15, 0.2) is 0 Å². The number of rotatable bonds is 2. The number of aromatic hydroxyl groups is 1. The van der Waals surface area contributed by atoms with Crippen LogP contribution in [-0.4, -0.2) is 10.6 Å². The largest absolute Gasteiger partial charge is 0.508 e. The summed E-state index contributed by atoms with van der Waals surface area (Å²) in [5.74, 6) is -0.190. The summed E-state index contributed by atoms with van der Waals surface area (Å²) >= 11 is 0. The fourth-order valence-electron chi connectivity index (χ4n) is 1.39. The van der Waals surface area contributed by atoms with Crippen molar-refractivity contribution >= 4 is 0 Å². The van der Waals surface area contributed by atoms with Gasteiger partial charge in [-0.15, -0.1) is 0 Å². The molecular weight excluding hydrogens is 181 g/mol. The molecule has 0 amide bonds. The average Bonchev–Trinajstić information content (AvgIpc) is 2.04. The molecular formula is C11H16FNO. The highest BCUT2D eigenvalue weighted by Crippen LogP contribution is 2.26. The molecule has 3 heteroatoms. The van der Waals surface area contributed by atoms with Crippen LogP contribution in [0, 0.1) is 12.7 Å². The van der Waals surface area contributed by atoms with E-state index in [-0.39, 0.29) is 11.6 Å². The third kappa shape index (κ3) is 2.45. The van der Waals surface area contributed by atoms with Crippen LogP contribution in [0.5, 0.6) is 5.75 Å². The molecule has 0 aromatic heterocycles. The number of phenolic OH excluding ortho intramolecular Hbond substituents is 1. The van der Waals surface area contributed by atoms with Crippen LogP contribution < -0.4 is 5.73 Å². The lowest BCUT2D eigenvalue weighted by molar-refractivity contribution is 0.445. The predicted molar refractivity (Wildman–Crippen MR) is 54.8 cm³/mol. The Morgan fingerprint density at radius 2 is 2.00 bits per heavy atom. The van der Waals surface area contributed by atoms with Crippen LogP contribution in [0.4, 0.5) is 4.39 Å². The summed E-state index contributed by atoms with van der Waals surface area (Å²) < 4.78 is 13.2. The monoisotopic (exact) mass is 197 g/mol. The van der Waals surface area contributed by atoms with Crippen molar-refractivity contribution in [3.05, 3.63) is 29.1 Å². The number of benzene rings is 1. The van der Waals surface area contributed by atoms with Gasteiger partial charge < -0.3 is 10.8 Å². The van der Waals surface area contributed by atoms with Crippen molar-refractivity contribution in [3.8, 4) is 5.75 Å².